The van der Waals surface area contributed by atoms with E-state index in [1.54, 1.807) is 0 Å². The Bertz CT molecular complexity index is 1410. The first-order valence-electron chi connectivity index (χ1n) is 10.9. The van der Waals surface area contributed by atoms with E-state index < -0.39 is 17.9 Å². The number of benzene rings is 2. The number of carbonyl (C=O) groups is 2. The summed E-state index contributed by atoms with van der Waals surface area (Å²) in [5.41, 5.74) is 14.5. The number of amides is 1. The van der Waals surface area contributed by atoms with E-state index in [4.69, 9.17) is 15.9 Å². The van der Waals surface area contributed by atoms with Crippen LogP contribution in [0.4, 0.5) is 5.69 Å². The largest absolute Gasteiger partial charge is 1.00 e. The summed E-state index contributed by atoms with van der Waals surface area (Å²) in [6.07, 6.45) is 0.623. The molecule has 1 atom stereocenters. The number of hydrogen-bond donors (Lipinski definition) is 5. The standard InChI is InChI=1S/C24H26N6O4.HI/c1-30-17-10-4-2-7-14(17)20(22-21(30)15-8-3-5-11-18(15)34-22)28-13-19(31)29-16(23(32)33)9-6-12-27-24(25)26;/h2-5,7-8,10-11,16H,6,9,12-13H2,1H3,(H6,25,26,27,29,31,32,33);1H. The highest BCUT2D eigenvalue weighted by molar-refractivity contribution is 6.11. The number of guanidine groups is 1. The van der Waals surface area contributed by atoms with Crippen LogP contribution in [0.25, 0.3) is 33.0 Å². The van der Waals surface area contributed by atoms with Crippen LogP contribution < -0.4 is 50.6 Å². The van der Waals surface area contributed by atoms with E-state index in [0.717, 1.165) is 27.4 Å². The number of aliphatic carboxylic acids is 1. The molecule has 0 aliphatic rings. The third kappa shape index (κ3) is 5.56. The number of nitrogens with zero attached hydrogens (tertiary/aromatic N) is 2. The number of aliphatic imine (C=N–C) groups is 1. The van der Waals surface area contributed by atoms with E-state index in [0.29, 0.717) is 17.7 Å². The Morgan fingerprint density at radius 1 is 1.11 bits per heavy atom. The smallest absolute Gasteiger partial charge is 0.326 e. The van der Waals surface area contributed by atoms with Gasteiger partial charge in [0.1, 0.15) is 18.7 Å². The van der Waals surface area contributed by atoms with Crippen molar-refractivity contribution in [3.8, 4) is 0 Å². The molecule has 0 saturated carbocycles. The second-order valence-electron chi connectivity index (χ2n) is 7.99. The van der Waals surface area contributed by atoms with Crippen LogP contribution in [0.15, 0.2) is 57.9 Å². The van der Waals surface area contributed by atoms with Gasteiger partial charge < -0.3 is 55.6 Å². The molecule has 2 heterocycles. The van der Waals surface area contributed by atoms with E-state index in [1.807, 2.05) is 55.6 Å². The zero-order valence-electron chi connectivity index (χ0n) is 19.1. The molecule has 35 heavy (non-hydrogen) atoms. The van der Waals surface area contributed by atoms with Gasteiger partial charge in [-0.2, -0.15) is 4.57 Å². The molecule has 0 fully saturated rings. The number of aryl methyl sites for hydroxylation is 1. The molecule has 1 unspecified atom stereocenters. The number of carboxylic acids is 1. The highest BCUT2D eigenvalue weighted by Crippen LogP contribution is 2.35. The van der Waals surface area contributed by atoms with Gasteiger partial charge in [-0.1, -0.05) is 24.3 Å². The lowest BCUT2D eigenvalue weighted by molar-refractivity contribution is -0.616. The summed E-state index contributed by atoms with van der Waals surface area (Å²) >= 11 is 0. The minimum atomic E-state index is -1.12. The molecule has 2 aromatic heterocycles. The maximum Gasteiger partial charge on any atom is 0.326 e. The predicted octanol–water partition coefficient (Wildman–Crippen LogP) is -1.40. The number of nitrogens with two attached hydrogens (primary N) is 2. The van der Waals surface area contributed by atoms with E-state index in [1.165, 1.54) is 0 Å². The van der Waals surface area contributed by atoms with Crippen LogP contribution in [-0.2, 0) is 16.6 Å². The van der Waals surface area contributed by atoms with Gasteiger partial charge in [-0.05, 0) is 31.0 Å². The second kappa shape index (κ2) is 11.2. The molecular weight excluding hydrogens is 563 g/mol. The van der Waals surface area contributed by atoms with Crippen molar-refractivity contribution in [1.82, 2.24) is 5.32 Å². The Balaban J connectivity index is 0.00000342. The Morgan fingerprint density at radius 2 is 1.80 bits per heavy atom. The molecule has 11 heteroatoms. The third-order valence-corrected chi connectivity index (χ3v) is 5.67. The molecule has 4 rings (SSSR count). The average molecular weight is 590 g/mol. The maximum atomic E-state index is 12.6. The van der Waals surface area contributed by atoms with Crippen LogP contribution in [0, 0.1) is 0 Å². The molecule has 0 saturated heterocycles. The molecule has 184 valence electrons. The molecule has 4 aromatic rings. The van der Waals surface area contributed by atoms with Gasteiger partial charge in [0.2, 0.25) is 17.0 Å². The lowest BCUT2D eigenvalue weighted by atomic mass is 10.1. The number of nitrogens with one attached hydrogen (secondary N) is 2. The summed E-state index contributed by atoms with van der Waals surface area (Å²) in [7, 11) is 1.98. The molecule has 0 aliphatic heterocycles. The monoisotopic (exact) mass is 590 g/mol. The van der Waals surface area contributed by atoms with Crippen molar-refractivity contribution in [2.24, 2.45) is 23.5 Å². The van der Waals surface area contributed by atoms with Crippen molar-refractivity contribution >= 4 is 56.5 Å². The summed E-state index contributed by atoms with van der Waals surface area (Å²) in [5, 5.41) is 17.1. The zero-order valence-corrected chi connectivity index (χ0v) is 21.3. The Morgan fingerprint density at radius 3 is 2.51 bits per heavy atom. The highest BCUT2D eigenvalue weighted by Gasteiger charge is 2.25. The summed E-state index contributed by atoms with van der Waals surface area (Å²) in [4.78, 5) is 28.1. The molecule has 0 aliphatic carbocycles. The van der Waals surface area contributed by atoms with Gasteiger partial charge in [0.25, 0.3) is 5.52 Å². The average Bonchev–Trinajstić information content (AvgIpc) is 3.20. The Kier molecular flexibility index (Phi) is 8.33. The summed E-state index contributed by atoms with van der Waals surface area (Å²) < 4.78 is 8.24. The number of para-hydroxylation sites is 2. The van der Waals surface area contributed by atoms with Crippen molar-refractivity contribution in [2.75, 3.05) is 18.4 Å². The quantitative estimate of drug-likeness (QED) is 0.0528. The van der Waals surface area contributed by atoms with Crippen LogP contribution in [0.3, 0.4) is 0 Å². The van der Waals surface area contributed by atoms with E-state index in [2.05, 4.69) is 20.2 Å². The fraction of sp³-hybridized carbons (Fsp3) is 0.250. The SMILES string of the molecule is C[n+]1c2ccccc2c(NCC(=O)NC(CCCN=C(N)N)C(=O)O)c2oc3ccccc3c21.[I-]. The molecule has 10 nitrogen and oxygen atoms in total. The van der Waals surface area contributed by atoms with Gasteiger partial charge in [-0.25, -0.2) is 4.79 Å². The lowest BCUT2D eigenvalue weighted by Crippen LogP contribution is -3.00. The minimum absolute atomic E-state index is 0. The molecule has 0 bridgehead atoms. The number of carbonyl (C=O) groups excluding carboxylic acids is 1. The number of rotatable bonds is 9. The van der Waals surface area contributed by atoms with Gasteiger partial charge >= 0.3 is 5.97 Å². The van der Waals surface area contributed by atoms with Crippen molar-refractivity contribution in [3.05, 3.63) is 48.5 Å². The summed E-state index contributed by atoms with van der Waals surface area (Å²) in [5.74, 6) is -1.62. The van der Waals surface area contributed by atoms with Gasteiger partial charge in [-0.3, -0.25) is 9.79 Å². The first kappa shape index (κ1) is 26.0. The predicted molar refractivity (Wildman–Crippen MR) is 130 cm³/mol. The van der Waals surface area contributed by atoms with Crippen LogP contribution in [-0.4, -0.2) is 42.1 Å². The van der Waals surface area contributed by atoms with Crippen molar-refractivity contribution in [3.63, 3.8) is 0 Å². The van der Waals surface area contributed by atoms with Crippen LogP contribution >= 0.6 is 0 Å². The number of anilines is 1. The summed E-state index contributed by atoms with van der Waals surface area (Å²) in [6, 6.07) is 14.5. The number of hydrogen-bond acceptors (Lipinski definition) is 5. The fourth-order valence-corrected chi connectivity index (χ4v) is 4.11. The van der Waals surface area contributed by atoms with Crippen molar-refractivity contribution < 1.29 is 47.7 Å². The van der Waals surface area contributed by atoms with E-state index >= 15 is 0 Å². The number of furan rings is 1. The minimum Gasteiger partial charge on any atom is -1.00 e. The van der Waals surface area contributed by atoms with Gasteiger partial charge in [0.15, 0.2) is 5.96 Å². The Hall–Kier alpha value is -3.61. The summed E-state index contributed by atoms with van der Waals surface area (Å²) in [6.45, 7) is 0.166. The van der Waals surface area contributed by atoms with Crippen molar-refractivity contribution in [1.29, 1.82) is 0 Å². The molecule has 0 spiro atoms. The van der Waals surface area contributed by atoms with Crippen LogP contribution in [0.1, 0.15) is 12.8 Å². The van der Waals surface area contributed by atoms with E-state index in [-0.39, 0.29) is 49.4 Å². The first-order chi connectivity index (χ1) is 16.4. The maximum absolute atomic E-state index is 12.6. The second-order valence-corrected chi connectivity index (χ2v) is 7.99. The Labute approximate surface area is 218 Å². The van der Waals surface area contributed by atoms with Gasteiger partial charge in [0, 0.05) is 12.6 Å². The molecule has 2 aromatic carbocycles. The molecule has 7 N–H and O–H groups in total. The van der Waals surface area contributed by atoms with Crippen molar-refractivity contribution in [2.45, 2.75) is 18.9 Å². The number of halogens is 1. The normalized spacial score (nSPS) is 11.7. The van der Waals surface area contributed by atoms with E-state index in [9.17, 15) is 14.7 Å². The third-order valence-electron chi connectivity index (χ3n) is 5.67. The topological polar surface area (TPSA) is 160 Å². The lowest BCUT2D eigenvalue weighted by Gasteiger charge is -2.15. The fourth-order valence-electron chi connectivity index (χ4n) is 4.11. The number of pyridine rings is 1. The van der Waals surface area contributed by atoms with Gasteiger partial charge in [-0.15, -0.1) is 0 Å². The van der Waals surface area contributed by atoms with Gasteiger partial charge in [0.05, 0.1) is 23.0 Å². The molecule has 0 radical (unpaired) electrons. The van der Waals surface area contributed by atoms with Crippen LogP contribution in [0.2, 0.25) is 0 Å². The molecule has 1 amide bonds. The zero-order chi connectivity index (χ0) is 24.2. The molecular formula is C24H27IN6O4. The first-order valence-corrected chi connectivity index (χ1v) is 10.9. The number of aromatic nitrogens is 1. The number of fused-ring (bicyclic) bond motifs is 4. The number of carboxylic acid groups (broad SMARTS) is 1. The van der Waals surface area contributed by atoms with Crippen LogP contribution in [0.5, 0.6) is 0 Å². The highest BCUT2D eigenvalue weighted by atomic mass is 127.